The van der Waals surface area contributed by atoms with Gasteiger partial charge in [0.05, 0.1) is 16.3 Å². The number of carbonyl (C=O) groups excluding carboxylic acids is 1. The van der Waals surface area contributed by atoms with Crippen LogP contribution in [-0.2, 0) is 14.6 Å². The lowest BCUT2D eigenvalue weighted by molar-refractivity contribution is -0.117. The van der Waals surface area contributed by atoms with Gasteiger partial charge in [-0.3, -0.25) is 4.79 Å². The Bertz CT molecular complexity index is 507. The molecule has 5 heteroatoms. The first-order valence-corrected chi connectivity index (χ1v) is 6.26. The Labute approximate surface area is 88.4 Å². The highest BCUT2D eigenvalue weighted by atomic mass is 32.2. The maximum absolute atomic E-state index is 11.8. The van der Waals surface area contributed by atoms with Crippen LogP contribution in [0.5, 0.6) is 0 Å². The van der Waals surface area contributed by atoms with E-state index in [1.165, 1.54) is 4.90 Å². The summed E-state index contributed by atoms with van der Waals surface area (Å²) >= 11 is 0. The molecule has 1 aliphatic heterocycles. The average Bonchev–Trinajstić information content (AvgIpc) is 2.31. The lowest BCUT2D eigenvalue weighted by Gasteiger charge is -2.15. The maximum atomic E-state index is 11.8. The average molecular weight is 225 g/mol. The van der Waals surface area contributed by atoms with Crippen LogP contribution in [0.1, 0.15) is 6.42 Å². The molecule has 1 aromatic carbocycles. The molecule has 80 valence electrons. The molecule has 0 bridgehead atoms. The van der Waals surface area contributed by atoms with Gasteiger partial charge in [-0.2, -0.15) is 0 Å². The summed E-state index contributed by atoms with van der Waals surface area (Å²) in [5.41, 5.74) is 0.472. The van der Waals surface area contributed by atoms with Crippen LogP contribution in [0.25, 0.3) is 0 Å². The van der Waals surface area contributed by atoms with E-state index in [0.29, 0.717) is 5.69 Å². The SMILES string of the molecule is CN1C(=O)CCS(=O)(=O)c2ccccc21. The van der Waals surface area contributed by atoms with Crippen LogP contribution >= 0.6 is 0 Å². The first-order chi connectivity index (χ1) is 7.02. The van der Waals surface area contributed by atoms with Crippen LogP contribution in [0.15, 0.2) is 29.2 Å². The van der Waals surface area contributed by atoms with E-state index >= 15 is 0 Å². The smallest absolute Gasteiger partial charge is 0.227 e. The molecule has 0 radical (unpaired) electrons. The fourth-order valence-corrected chi connectivity index (χ4v) is 3.10. The van der Waals surface area contributed by atoms with E-state index in [-0.39, 0.29) is 23.0 Å². The normalized spacial score (nSPS) is 19.5. The summed E-state index contributed by atoms with van der Waals surface area (Å²) in [5.74, 6) is -0.267. The minimum atomic E-state index is -3.31. The number of benzene rings is 1. The van der Waals surface area contributed by atoms with E-state index < -0.39 is 9.84 Å². The van der Waals surface area contributed by atoms with E-state index in [2.05, 4.69) is 0 Å². The van der Waals surface area contributed by atoms with Crippen LogP contribution < -0.4 is 4.90 Å². The number of amides is 1. The highest BCUT2D eigenvalue weighted by Gasteiger charge is 2.27. The molecule has 0 unspecified atom stereocenters. The van der Waals surface area contributed by atoms with Gasteiger partial charge in [-0.05, 0) is 12.1 Å². The zero-order chi connectivity index (χ0) is 11.1. The van der Waals surface area contributed by atoms with Gasteiger partial charge in [0, 0.05) is 13.5 Å². The number of rotatable bonds is 0. The van der Waals surface area contributed by atoms with Gasteiger partial charge in [0.15, 0.2) is 9.84 Å². The van der Waals surface area contributed by atoms with Crippen molar-refractivity contribution in [3.63, 3.8) is 0 Å². The van der Waals surface area contributed by atoms with Crippen molar-refractivity contribution in [2.75, 3.05) is 17.7 Å². The van der Waals surface area contributed by atoms with Crippen molar-refractivity contribution < 1.29 is 13.2 Å². The van der Waals surface area contributed by atoms with E-state index in [1.807, 2.05) is 0 Å². The third kappa shape index (κ3) is 1.63. The molecule has 1 aromatic rings. The number of nitrogens with zero attached hydrogens (tertiary/aromatic N) is 1. The standard InChI is InChI=1S/C10H11NO3S/c1-11-8-4-2-3-5-9(8)15(13,14)7-6-10(11)12/h2-5H,6-7H2,1H3. The second-order valence-electron chi connectivity index (χ2n) is 3.49. The number of sulfone groups is 1. The summed E-state index contributed by atoms with van der Waals surface area (Å²) in [6.07, 6.45) is 0.0491. The van der Waals surface area contributed by atoms with Crippen LogP contribution in [-0.4, -0.2) is 27.1 Å². The molecule has 0 N–H and O–H groups in total. The second kappa shape index (κ2) is 3.34. The molecule has 15 heavy (non-hydrogen) atoms. The van der Waals surface area contributed by atoms with E-state index in [0.717, 1.165) is 0 Å². The molecular formula is C10H11NO3S. The van der Waals surface area contributed by atoms with Gasteiger partial charge >= 0.3 is 0 Å². The van der Waals surface area contributed by atoms with E-state index in [4.69, 9.17) is 0 Å². The molecule has 1 amide bonds. The van der Waals surface area contributed by atoms with Crippen LogP contribution in [0.3, 0.4) is 0 Å². The van der Waals surface area contributed by atoms with Crippen LogP contribution in [0.4, 0.5) is 5.69 Å². The lowest BCUT2D eigenvalue weighted by Crippen LogP contribution is -2.25. The Morgan fingerprint density at radius 3 is 2.67 bits per heavy atom. The quantitative estimate of drug-likeness (QED) is 0.657. The molecule has 1 aliphatic rings. The summed E-state index contributed by atoms with van der Waals surface area (Å²) in [6, 6.07) is 6.58. The third-order valence-corrected chi connectivity index (χ3v) is 4.28. The Morgan fingerprint density at radius 2 is 1.93 bits per heavy atom. The molecule has 2 rings (SSSR count). The molecule has 0 saturated carbocycles. The topological polar surface area (TPSA) is 54.5 Å². The van der Waals surface area contributed by atoms with Crippen molar-refractivity contribution >= 4 is 21.4 Å². The molecule has 0 aromatic heterocycles. The molecule has 1 heterocycles. The van der Waals surface area contributed by atoms with Crippen molar-refractivity contribution in [1.82, 2.24) is 0 Å². The Hall–Kier alpha value is -1.36. The Balaban J connectivity index is 2.70. The number of hydrogen-bond acceptors (Lipinski definition) is 3. The first-order valence-electron chi connectivity index (χ1n) is 4.61. The summed E-state index contributed by atoms with van der Waals surface area (Å²) in [4.78, 5) is 13.2. The van der Waals surface area contributed by atoms with Gasteiger partial charge in [-0.1, -0.05) is 12.1 Å². The molecule has 0 atom stereocenters. The van der Waals surface area contributed by atoms with Gasteiger partial charge in [-0.25, -0.2) is 8.42 Å². The number of hydrogen-bond donors (Lipinski definition) is 0. The summed E-state index contributed by atoms with van der Waals surface area (Å²) in [6.45, 7) is 0. The molecule has 0 saturated heterocycles. The third-order valence-electron chi connectivity index (χ3n) is 2.52. The largest absolute Gasteiger partial charge is 0.314 e. The number of carbonyl (C=O) groups is 1. The fraction of sp³-hybridized carbons (Fsp3) is 0.300. The van der Waals surface area contributed by atoms with Gasteiger partial charge in [0.2, 0.25) is 5.91 Å². The first kappa shape index (κ1) is 10.2. The Kier molecular flexibility index (Phi) is 2.26. The van der Waals surface area contributed by atoms with Crippen LogP contribution in [0.2, 0.25) is 0 Å². The van der Waals surface area contributed by atoms with Gasteiger partial charge in [0.1, 0.15) is 0 Å². The lowest BCUT2D eigenvalue weighted by atomic mass is 10.3. The molecule has 0 spiro atoms. The summed E-state index contributed by atoms with van der Waals surface area (Å²) in [7, 11) is -1.71. The summed E-state index contributed by atoms with van der Waals surface area (Å²) in [5, 5.41) is 0. The number of para-hydroxylation sites is 1. The molecule has 0 fully saturated rings. The van der Waals surface area contributed by atoms with Crippen molar-refractivity contribution in [2.45, 2.75) is 11.3 Å². The summed E-state index contributed by atoms with van der Waals surface area (Å²) < 4.78 is 23.6. The highest BCUT2D eigenvalue weighted by molar-refractivity contribution is 7.91. The second-order valence-corrected chi connectivity index (χ2v) is 5.57. The minimum Gasteiger partial charge on any atom is -0.314 e. The maximum Gasteiger partial charge on any atom is 0.227 e. The molecule has 0 aliphatic carbocycles. The predicted molar refractivity (Wildman–Crippen MR) is 56.5 cm³/mol. The van der Waals surface area contributed by atoms with Crippen molar-refractivity contribution in [3.8, 4) is 0 Å². The van der Waals surface area contributed by atoms with E-state index in [9.17, 15) is 13.2 Å². The van der Waals surface area contributed by atoms with Crippen molar-refractivity contribution in [1.29, 1.82) is 0 Å². The van der Waals surface area contributed by atoms with Crippen molar-refractivity contribution in [3.05, 3.63) is 24.3 Å². The number of fused-ring (bicyclic) bond motifs is 1. The van der Waals surface area contributed by atoms with E-state index in [1.54, 1.807) is 31.3 Å². The zero-order valence-corrected chi connectivity index (χ0v) is 9.12. The monoisotopic (exact) mass is 225 g/mol. The molecular weight excluding hydrogens is 214 g/mol. The zero-order valence-electron chi connectivity index (χ0n) is 8.30. The Morgan fingerprint density at radius 1 is 1.27 bits per heavy atom. The van der Waals surface area contributed by atoms with Gasteiger partial charge in [-0.15, -0.1) is 0 Å². The van der Waals surface area contributed by atoms with Gasteiger partial charge < -0.3 is 4.90 Å². The fourth-order valence-electron chi connectivity index (χ4n) is 1.63. The van der Waals surface area contributed by atoms with Crippen LogP contribution in [0, 0.1) is 0 Å². The molecule has 4 nitrogen and oxygen atoms in total. The number of anilines is 1. The van der Waals surface area contributed by atoms with Crippen molar-refractivity contribution in [2.24, 2.45) is 0 Å². The minimum absolute atomic E-state index is 0.0491. The highest BCUT2D eigenvalue weighted by Crippen LogP contribution is 2.28. The van der Waals surface area contributed by atoms with Gasteiger partial charge in [0.25, 0.3) is 0 Å². The predicted octanol–water partition coefficient (Wildman–Crippen LogP) is 0.827.